The SMILES string of the molecule is FC=C(CF)C(F)F. The normalized spacial score (nSPS) is 12.9. The van der Waals surface area contributed by atoms with Crippen molar-refractivity contribution in [1.82, 2.24) is 0 Å². The summed E-state index contributed by atoms with van der Waals surface area (Å²) in [5.41, 5.74) is -1.11. The average Bonchev–Trinajstić information content (AvgIpc) is 1.69. The molecular weight excluding hydrogens is 124 g/mol. The van der Waals surface area contributed by atoms with E-state index in [9.17, 15) is 17.6 Å². The van der Waals surface area contributed by atoms with Crippen LogP contribution in [0, 0.1) is 0 Å². The van der Waals surface area contributed by atoms with Gasteiger partial charge in [0.1, 0.15) is 6.67 Å². The second kappa shape index (κ2) is 3.46. The van der Waals surface area contributed by atoms with E-state index in [0.717, 1.165) is 0 Å². The van der Waals surface area contributed by atoms with E-state index < -0.39 is 25.0 Å². The second-order valence-corrected chi connectivity index (χ2v) is 1.12. The van der Waals surface area contributed by atoms with Gasteiger partial charge < -0.3 is 0 Å². The van der Waals surface area contributed by atoms with Crippen molar-refractivity contribution in [2.24, 2.45) is 0 Å². The summed E-state index contributed by atoms with van der Waals surface area (Å²) in [5.74, 6) is 0. The maximum Gasteiger partial charge on any atom is 0.264 e. The zero-order valence-corrected chi connectivity index (χ0v) is 3.87. The molecule has 0 aromatic heterocycles. The molecule has 0 amide bonds. The fraction of sp³-hybridized carbons (Fsp3) is 0.500. The van der Waals surface area contributed by atoms with Gasteiger partial charge in [0, 0.05) is 0 Å². The molecule has 0 aliphatic rings. The lowest BCUT2D eigenvalue weighted by Crippen LogP contribution is -1.97. The highest BCUT2D eigenvalue weighted by Crippen LogP contribution is 2.08. The van der Waals surface area contributed by atoms with Crippen molar-refractivity contribution in [3.63, 3.8) is 0 Å². The van der Waals surface area contributed by atoms with Crippen LogP contribution in [0.4, 0.5) is 17.6 Å². The molecule has 0 saturated carbocycles. The number of rotatable bonds is 2. The maximum absolute atomic E-state index is 11.2. The van der Waals surface area contributed by atoms with Crippen molar-refractivity contribution < 1.29 is 17.6 Å². The Morgan fingerprint density at radius 2 is 2.00 bits per heavy atom. The minimum atomic E-state index is -3.01. The monoisotopic (exact) mass is 128 g/mol. The van der Waals surface area contributed by atoms with Crippen LogP contribution in [-0.4, -0.2) is 13.1 Å². The van der Waals surface area contributed by atoms with Gasteiger partial charge in [-0.05, 0) is 0 Å². The predicted molar refractivity (Wildman–Crippen MR) is 21.2 cm³/mol. The van der Waals surface area contributed by atoms with Gasteiger partial charge in [-0.3, -0.25) is 0 Å². The van der Waals surface area contributed by atoms with E-state index in [1.165, 1.54) is 0 Å². The zero-order chi connectivity index (χ0) is 6.57. The first-order valence-corrected chi connectivity index (χ1v) is 1.85. The second-order valence-electron chi connectivity index (χ2n) is 1.12. The van der Waals surface area contributed by atoms with Crippen LogP contribution in [-0.2, 0) is 0 Å². The standard InChI is InChI=1S/C4H4F4/c5-1-3(2-6)4(7)8/h1,4H,2H2. The topological polar surface area (TPSA) is 0 Å². The molecule has 0 radical (unpaired) electrons. The molecule has 0 nitrogen and oxygen atoms in total. The molecular formula is C4H4F4. The Kier molecular flexibility index (Phi) is 3.23. The smallest absolute Gasteiger partial charge is 0.246 e. The molecule has 0 spiro atoms. The van der Waals surface area contributed by atoms with Crippen LogP contribution in [0.5, 0.6) is 0 Å². The van der Waals surface area contributed by atoms with E-state index in [0.29, 0.717) is 0 Å². The van der Waals surface area contributed by atoms with Crippen LogP contribution in [0.25, 0.3) is 0 Å². The minimum absolute atomic E-state index is 0.412. The van der Waals surface area contributed by atoms with Gasteiger partial charge in [0.05, 0.1) is 11.9 Å². The van der Waals surface area contributed by atoms with Gasteiger partial charge >= 0.3 is 0 Å². The van der Waals surface area contributed by atoms with Gasteiger partial charge in [0.2, 0.25) is 0 Å². The Balaban J connectivity index is 3.72. The van der Waals surface area contributed by atoms with Crippen molar-refractivity contribution in [2.75, 3.05) is 6.67 Å². The molecule has 0 atom stereocenters. The molecule has 0 aromatic carbocycles. The molecule has 48 valence electrons. The van der Waals surface area contributed by atoms with E-state index in [4.69, 9.17) is 0 Å². The summed E-state index contributed by atoms with van der Waals surface area (Å²) in [6.07, 6.45) is -3.42. The van der Waals surface area contributed by atoms with E-state index in [2.05, 4.69) is 0 Å². The van der Waals surface area contributed by atoms with Gasteiger partial charge in [-0.2, -0.15) is 0 Å². The Labute approximate surface area is 43.8 Å². The van der Waals surface area contributed by atoms with Crippen LogP contribution in [0.1, 0.15) is 0 Å². The van der Waals surface area contributed by atoms with Gasteiger partial charge in [0.15, 0.2) is 0 Å². The number of allylic oxidation sites excluding steroid dienone is 1. The molecule has 0 heterocycles. The Morgan fingerprint density at radius 1 is 1.50 bits per heavy atom. The van der Waals surface area contributed by atoms with Crippen LogP contribution in [0.15, 0.2) is 11.9 Å². The summed E-state index contributed by atoms with van der Waals surface area (Å²) in [7, 11) is 0. The summed E-state index contributed by atoms with van der Waals surface area (Å²) >= 11 is 0. The Bertz CT molecular complexity index is 86.0. The highest BCUT2D eigenvalue weighted by molar-refractivity contribution is 5.00. The zero-order valence-electron chi connectivity index (χ0n) is 3.87. The van der Waals surface area contributed by atoms with Crippen molar-refractivity contribution in [1.29, 1.82) is 0 Å². The Hall–Kier alpha value is -0.540. The molecule has 4 heteroatoms. The molecule has 0 saturated heterocycles. The highest BCUT2D eigenvalue weighted by atomic mass is 19.3. The van der Waals surface area contributed by atoms with E-state index in [1.807, 2.05) is 0 Å². The van der Waals surface area contributed by atoms with Crippen LogP contribution < -0.4 is 0 Å². The fourth-order valence-electron chi connectivity index (χ4n) is 0.135. The molecule has 0 aliphatic carbocycles. The molecule has 0 bridgehead atoms. The van der Waals surface area contributed by atoms with Gasteiger partial charge in [0.25, 0.3) is 6.43 Å². The first-order valence-electron chi connectivity index (χ1n) is 1.85. The van der Waals surface area contributed by atoms with E-state index >= 15 is 0 Å². The summed E-state index contributed by atoms with van der Waals surface area (Å²) in [6.45, 7) is -1.42. The average molecular weight is 128 g/mol. The van der Waals surface area contributed by atoms with Gasteiger partial charge in [-0.25, -0.2) is 17.6 Å². The molecule has 0 rings (SSSR count). The minimum Gasteiger partial charge on any atom is -0.246 e. The van der Waals surface area contributed by atoms with Gasteiger partial charge in [-0.1, -0.05) is 0 Å². The lowest BCUT2D eigenvalue weighted by molar-refractivity contribution is 0.178. The molecule has 0 aliphatic heterocycles. The summed E-state index contributed by atoms with van der Waals surface area (Å²) in [4.78, 5) is 0. The van der Waals surface area contributed by atoms with Crippen LogP contribution >= 0.6 is 0 Å². The first kappa shape index (κ1) is 7.46. The summed E-state index contributed by atoms with van der Waals surface area (Å²) in [5, 5.41) is 0. The van der Waals surface area contributed by atoms with Crippen molar-refractivity contribution in [3.05, 3.63) is 11.9 Å². The highest BCUT2D eigenvalue weighted by Gasteiger charge is 2.09. The first-order chi connectivity index (χ1) is 3.72. The van der Waals surface area contributed by atoms with Gasteiger partial charge in [-0.15, -0.1) is 0 Å². The lowest BCUT2D eigenvalue weighted by Gasteiger charge is -1.93. The molecule has 0 unspecified atom stereocenters. The van der Waals surface area contributed by atoms with E-state index in [-0.39, 0.29) is 0 Å². The Morgan fingerprint density at radius 3 is 2.00 bits per heavy atom. The number of halogens is 4. The maximum atomic E-state index is 11.2. The van der Waals surface area contributed by atoms with Crippen LogP contribution in [0.2, 0.25) is 0 Å². The van der Waals surface area contributed by atoms with Crippen molar-refractivity contribution in [2.45, 2.75) is 6.43 Å². The molecule has 0 N–H and O–H groups in total. The van der Waals surface area contributed by atoms with Crippen LogP contribution in [0.3, 0.4) is 0 Å². The summed E-state index contributed by atoms with van der Waals surface area (Å²) < 4.78 is 44.5. The number of alkyl halides is 3. The third kappa shape index (κ3) is 1.95. The van der Waals surface area contributed by atoms with Crippen molar-refractivity contribution >= 4 is 0 Å². The fourth-order valence-corrected chi connectivity index (χ4v) is 0.135. The van der Waals surface area contributed by atoms with E-state index in [1.54, 1.807) is 0 Å². The molecule has 0 aromatic rings. The number of hydrogen-bond acceptors (Lipinski definition) is 0. The third-order valence-electron chi connectivity index (χ3n) is 0.575. The van der Waals surface area contributed by atoms with Crippen molar-refractivity contribution in [3.8, 4) is 0 Å². The predicted octanol–water partition coefficient (Wildman–Crippen LogP) is 2.07. The summed E-state index contributed by atoms with van der Waals surface area (Å²) in [6, 6.07) is 0. The molecule has 0 fully saturated rings. The lowest BCUT2D eigenvalue weighted by atomic mass is 10.3. The third-order valence-corrected chi connectivity index (χ3v) is 0.575. The number of hydrogen-bond donors (Lipinski definition) is 0. The largest absolute Gasteiger partial charge is 0.264 e. The molecule has 8 heavy (non-hydrogen) atoms. The quantitative estimate of drug-likeness (QED) is 0.499.